The van der Waals surface area contributed by atoms with Gasteiger partial charge in [-0.1, -0.05) is 30.3 Å². The number of anilines is 1. The van der Waals surface area contributed by atoms with Gasteiger partial charge in [0.25, 0.3) is 0 Å². The van der Waals surface area contributed by atoms with Crippen LogP contribution in [0.4, 0.5) is 5.13 Å². The van der Waals surface area contributed by atoms with E-state index in [4.69, 9.17) is 4.74 Å². The minimum Gasteiger partial charge on any atom is -0.497 e. The number of aromatic nitrogens is 1. The van der Waals surface area contributed by atoms with Crippen LogP contribution >= 0.6 is 28.3 Å². The summed E-state index contributed by atoms with van der Waals surface area (Å²) >= 11 is 1.62. The number of nitrogens with zero attached hydrogens (tertiary/aromatic N) is 1. The van der Waals surface area contributed by atoms with Crippen molar-refractivity contribution in [1.82, 2.24) is 4.98 Å². The van der Waals surface area contributed by atoms with E-state index in [-0.39, 0.29) is 17.0 Å². The Labute approximate surface area is 144 Å². The van der Waals surface area contributed by atoms with E-state index < -0.39 is 0 Å². The SMILES string of the molecule is Br.COc1ccc(-c2csc(NCc3ccccc3)n2)cc1. The molecule has 0 radical (unpaired) electrons. The topological polar surface area (TPSA) is 34.1 Å². The zero-order valence-corrected chi connectivity index (χ0v) is 14.7. The molecule has 1 aromatic heterocycles. The third-order valence-corrected chi connectivity index (χ3v) is 3.98. The fourth-order valence-corrected chi connectivity index (χ4v) is 2.74. The summed E-state index contributed by atoms with van der Waals surface area (Å²) < 4.78 is 5.17. The Hall–Kier alpha value is -1.85. The van der Waals surface area contributed by atoms with Crippen LogP contribution in [0.15, 0.2) is 60.0 Å². The molecule has 0 aliphatic heterocycles. The maximum absolute atomic E-state index is 5.17. The number of hydrogen-bond acceptors (Lipinski definition) is 4. The second-order valence-electron chi connectivity index (χ2n) is 4.61. The molecule has 2 aromatic carbocycles. The summed E-state index contributed by atoms with van der Waals surface area (Å²) in [4.78, 5) is 4.62. The molecule has 0 saturated heterocycles. The van der Waals surface area contributed by atoms with E-state index in [0.717, 1.165) is 28.7 Å². The Morgan fingerprint density at radius 1 is 1.05 bits per heavy atom. The van der Waals surface area contributed by atoms with Crippen molar-refractivity contribution in [3.8, 4) is 17.0 Å². The van der Waals surface area contributed by atoms with Crippen molar-refractivity contribution in [2.24, 2.45) is 0 Å². The van der Waals surface area contributed by atoms with E-state index in [0.29, 0.717) is 0 Å². The molecule has 0 spiro atoms. The van der Waals surface area contributed by atoms with Crippen molar-refractivity contribution in [2.45, 2.75) is 6.54 Å². The summed E-state index contributed by atoms with van der Waals surface area (Å²) in [6.07, 6.45) is 0. The zero-order chi connectivity index (χ0) is 14.5. The predicted molar refractivity (Wildman–Crippen MR) is 98.2 cm³/mol. The van der Waals surface area contributed by atoms with E-state index >= 15 is 0 Å². The van der Waals surface area contributed by atoms with Gasteiger partial charge in [0.15, 0.2) is 5.13 Å². The molecule has 3 nitrogen and oxygen atoms in total. The van der Waals surface area contributed by atoms with Crippen molar-refractivity contribution < 1.29 is 4.74 Å². The number of benzene rings is 2. The third kappa shape index (κ3) is 4.08. The number of halogens is 1. The number of nitrogens with one attached hydrogen (secondary N) is 1. The molecule has 0 amide bonds. The predicted octanol–water partition coefficient (Wildman–Crippen LogP) is 5.01. The van der Waals surface area contributed by atoms with Crippen LogP contribution in [0, 0.1) is 0 Å². The highest BCUT2D eigenvalue weighted by Gasteiger charge is 2.04. The molecule has 3 aromatic rings. The molecule has 0 saturated carbocycles. The molecule has 0 fully saturated rings. The van der Waals surface area contributed by atoms with Crippen molar-refractivity contribution >= 4 is 33.4 Å². The lowest BCUT2D eigenvalue weighted by Gasteiger charge is -2.02. The smallest absolute Gasteiger partial charge is 0.183 e. The van der Waals surface area contributed by atoms with Crippen LogP contribution in [0.5, 0.6) is 5.75 Å². The lowest BCUT2D eigenvalue weighted by molar-refractivity contribution is 0.415. The molecule has 114 valence electrons. The van der Waals surface area contributed by atoms with Gasteiger partial charge in [0, 0.05) is 17.5 Å². The standard InChI is InChI=1S/C17H16N2OS.BrH/c1-20-15-9-7-14(8-10-15)16-12-21-17(19-16)18-11-13-5-3-2-4-6-13;/h2-10,12H,11H2,1H3,(H,18,19);1H. The lowest BCUT2D eigenvalue weighted by Crippen LogP contribution is -1.98. The summed E-state index contributed by atoms with van der Waals surface area (Å²) in [5.41, 5.74) is 3.33. The highest BCUT2D eigenvalue weighted by atomic mass is 79.9. The second kappa shape index (κ2) is 7.96. The molecule has 1 heterocycles. The van der Waals surface area contributed by atoms with Gasteiger partial charge in [-0.05, 0) is 29.8 Å². The molecule has 22 heavy (non-hydrogen) atoms. The van der Waals surface area contributed by atoms with Gasteiger partial charge >= 0.3 is 0 Å². The fraction of sp³-hybridized carbons (Fsp3) is 0.118. The summed E-state index contributed by atoms with van der Waals surface area (Å²) in [7, 11) is 1.67. The summed E-state index contributed by atoms with van der Waals surface area (Å²) in [6.45, 7) is 0.788. The van der Waals surface area contributed by atoms with Gasteiger partial charge in [0.05, 0.1) is 12.8 Å². The van der Waals surface area contributed by atoms with Crippen LogP contribution in [0.2, 0.25) is 0 Å². The highest BCUT2D eigenvalue weighted by molar-refractivity contribution is 8.93. The molecule has 0 bridgehead atoms. The summed E-state index contributed by atoms with van der Waals surface area (Å²) in [5, 5.41) is 6.36. The van der Waals surface area contributed by atoms with Crippen LogP contribution < -0.4 is 10.1 Å². The Balaban J connectivity index is 0.00000176. The first-order valence-corrected chi connectivity index (χ1v) is 7.61. The van der Waals surface area contributed by atoms with E-state index in [2.05, 4.69) is 27.8 Å². The van der Waals surface area contributed by atoms with Gasteiger partial charge in [-0.25, -0.2) is 4.98 Å². The molecule has 0 aliphatic carbocycles. The van der Waals surface area contributed by atoms with Crippen molar-refractivity contribution in [2.75, 3.05) is 12.4 Å². The quantitative estimate of drug-likeness (QED) is 0.679. The first-order valence-electron chi connectivity index (χ1n) is 6.73. The Bertz CT molecular complexity index is 698. The van der Waals surface area contributed by atoms with E-state index in [1.165, 1.54) is 5.56 Å². The van der Waals surface area contributed by atoms with Gasteiger partial charge in [0.1, 0.15) is 5.75 Å². The maximum atomic E-state index is 5.17. The Morgan fingerprint density at radius 2 is 1.77 bits per heavy atom. The maximum Gasteiger partial charge on any atom is 0.183 e. The van der Waals surface area contributed by atoms with Crippen LogP contribution in [0.1, 0.15) is 5.56 Å². The zero-order valence-electron chi connectivity index (χ0n) is 12.2. The largest absolute Gasteiger partial charge is 0.497 e. The molecule has 0 unspecified atom stereocenters. The second-order valence-corrected chi connectivity index (χ2v) is 5.46. The molecule has 0 aliphatic rings. The third-order valence-electron chi connectivity index (χ3n) is 3.18. The molecule has 0 atom stereocenters. The monoisotopic (exact) mass is 376 g/mol. The van der Waals surface area contributed by atoms with Crippen molar-refractivity contribution in [3.05, 3.63) is 65.5 Å². The van der Waals surface area contributed by atoms with Gasteiger partial charge in [-0.3, -0.25) is 0 Å². The molecule has 5 heteroatoms. The fourth-order valence-electron chi connectivity index (χ4n) is 2.02. The van der Waals surface area contributed by atoms with Gasteiger partial charge < -0.3 is 10.1 Å². The minimum atomic E-state index is 0. The van der Waals surface area contributed by atoms with Gasteiger partial charge in [-0.2, -0.15) is 0 Å². The number of methoxy groups -OCH3 is 1. The average Bonchev–Trinajstić information content (AvgIpc) is 3.03. The first kappa shape index (κ1) is 16.5. The number of ether oxygens (including phenoxy) is 1. The van der Waals surface area contributed by atoms with Crippen LogP contribution in [0.3, 0.4) is 0 Å². The van der Waals surface area contributed by atoms with Crippen molar-refractivity contribution in [3.63, 3.8) is 0 Å². The van der Waals surface area contributed by atoms with E-state index in [9.17, 15) is 0 Å². The minimum absolute atomic E-state index is 0. The van der Waals surface area contributed by atoms with Gasteiger partial charge in [0.2, 0.25) is 0 Å². The molecule has 1 N–H and O–H groups in total. The average molecular weight is 377 g/mol. The van der Waals surface area contributed by atoms with Crippen LogP contribution in [-0.4, -0.2) is 12.1 Å². The normalized spacial score (nSPS) is 9.86. The lowest BCUT2D eigenvalue weighted by atomic mass is 10.2. The molecule has 3 rings (SSSR count). The van der Waals surface area contributed by atoms with Crippen LogP contribution in [0.25, 0.3) is 11.3 Å². The van der Waals surface area contributed by atoms with E-state index in [1.807, 2.05) is 42.5 Å². The Kier molecular flexibility index (Phi) is 5.98. The van der Waals surface area contributed by atoms with Crippen LogP contribution in [-0.2, 0) is 6.54 Å². The summed E-state index contributed by atoms with van der Waals surface area (Å²) in [5.74, 6) is 0.858. The number of thiazole rings is 1. The summed E-state index contributed by atoms with van der Waals surface area (Å²) in [6, 6.07) is 18.3. The number of rotatable bonds is 5. The molecular formula is C17H17BrN2OS. The van der Waals surface area contributed by atoms with E-state index in [1.54, 1.807) is 18.4 Å². The number of hydrogen-bond donors (Lipinski definition) is 1. The van der Waals surface area contributed by atoms with Crippen molar-refractivity contribution in [1.29, 1.82) is 0 Å². The Morgan fingerprint density at radius 3 is 2.45 bits per heavy atom. The highest BCUT2D eigenvalue weighted by Crippen LogP contribution is 2.26. The molecular weight excluding hydrogens is 360 g/mol. The first-order chi connectivity index (χ1) is 10.3. The van der Waals surface area contributed by atoms with Gasteiger partial charge in [-0.15, -0.1) is 28.3 Å².